The Balaban J connectivity index is 2.39. The van der Waals surface area contributed by atoms with Crippen LogP contribution in [0.1, 0.15) is 42.6 Å². The Bertz CT molecular complexity index is 539. The number of carbonyl (C=O) groups is 2. The Kier molecular flexibility index (Phi) is 4.09. The molecule has 0 fully saturated rings. The number of aryl methyl sites for hydroxylation is 1. The lowest BCUT2D eigenvalue weighted by Gasteiger charge is -2.22. The average Bonchev–Trinajstić information content (AvgIpc) is 2.55. The van der Waals surface area contributed by atoms with Crippen molar-refractivity contribution in [2.45, 2.75) is 33.6 Å². The van der Waals surface area contributed by atoms with E-state index in [9.17, 15) is 9.59 Å². The molecule has 0 aliphatic carbocycles. The molecule has 4 heteroatoms. The van der Waals surface area contributed by atoms with E-state index in [1.807, 2.05) is 13.0 Å². The van der Waals surface area contributed by atoms with Crippen LogP contribution in [0.3, 0.4) is 0 Å². The van der Waals surface area contributed by atoms with Gasteiger partial charge in [-0.2, -0.15) is 0 Å². The summed E-state index contributed by atoms with van der Waals surface area (Å²) in [6, 6.07) is 3.69. The molecule has 1 atom stereocenters. The van der Waals surface area contributed by atoms with E-state index in [0.717, 1.165) is 28.6 Å². The molecule has 1 heterocycles. The number of nitrogens with zero attached hydrogens (tertiary/aromatic N) is 1. The van der Waals surface area contributed by atoms with Crippen molar-refractivity contribution < 1.29 is 9.59 Å². The maximum absolute atomic E-state index is 12.1. The molecule has 0 saturated heterocycles. The van der Waals surface area contributed by atoms with Crippen LogP contribution in [-0.2, 0) is 4.79 Å². The van der Waals surface area contributed by atoms with Crippen LogP contribution in [-0.4, -0.2) is 18.2 Å². The van der Waals surface area contributed by atoms with Crippen LogP contribution in [0, 0.1) is 12.8 Å². The Morgan fingerprint density at radius 2 is 2.00 bits per heavy atom. The van der Waals surface area contributed by atoms with Crippen molar-refractivity contribution in [2.75, 3.05) is 11.4 Å². The molecule has 1 aliphatic heterocycles. The number of Topliss-reactive ketones (excluding diaryl/α,β-unsaturated/α-hetero) is 1. The van der Waals surface area contributed by atoms with Gasteiger partial charge >= 0.3 is 0 Å². The molecule has 0 spiro atoms. The van der Waals surface area contributed by atoms with Gasteiger partial charge in [-0.1, -0.05) is 36.2 Å². The number of fused-ring (bicyclic) bond motifs is 1. The number of rotatable bonds is 4. The van der Waals surface area contributed by atoms with Crippen LogP contribution in [0.25, 0.3) is 0 Å². The average molecular weight is 324 g/mol. The molecule has 3 nitrogen and oxygen atoms in total. The lowest BCUT2D eigenvalue weighted by molar-refractivity contribution is -0.114. The largest absolute Gasteiger partial charge is 0.304 e. The van der Waals surface area contributed by atoms with E-state index >= 15 is 0 Å². The number of hydrogen-bond acceptors (Lipinski definition) is 2. The zero-order valence-electron chi connectivity index (χ0n) is 11.5. The Hall–Kier alpha value is -1.16. The van der Waals surface area contributed by atoms with Crippen molar-refractivity contribution in [3.63, 3.8) is 0 Å². The molecule has 1 unspecified atom stereocenters. The number of benzene rings is 1. The molecular formula is C15H18BrNO2. The lowest BCUT2D eigenvalue weighted by atomic mass is 10.0. The van der Waals surface area contributed by atoms with Crippen molar-refractivity contribution in [1.29, 1.82) is 0 Å². The van der Waals surface area contributed by atoms with E-state index in [1.165, 1.54) is 0 Å². The first-order chi connectivity index (χ1) is 8.95. The van der Waals surface area contributed by atoms with Crippen LogP contribution in [0.2, 0.25) is 0 Å². The molecule has 0 saturated carbocycles. The molecule has 1 aliphatic rings. The van der Waals surface area contributed by atoms with Crippen molar-refractivity contribution in [3.8, 4) is 0 Å². The number of anilines is 1. The molecular weight excluding hydrogens is 306 g/mol. The summed E-state index contributed by atoms with van der Waals surface area (Å²) in [6.07, 6.45) is 2.15. The Morgan fingerprint density at radius 1 is 1.32 bits per heavy atom. The molecule has 2 rings (SSSR count). The van der Waals surface area contributed by atoms with Gasteiger partial charge in [-0.15, -0.1) is 0 Å². The molecule has 1 amide bonds. The zero-order valence-corrected chi connectivity index (χ0v) is 13.1. The third-order valence-electron chi connectivity index (χ3n) is 3.49. The van der Waals surface area contributed by atoms with Crippen LogP contribution < -0.4 is 4.90 Å². The predicted octanol–water partition coefficient (Wildman–Crippen LogP) is 3.72. The summed E-state index contributed by atoms with van der Waals surface area (Å²) in [5.41, 5.74) is 2.29. The summed E-state index contributed by atoms with van der Waals surface area (Å²) < 4.78 is 0.841. The van der Waals surface area contributed by atoms with Gasteiger partial charge in [-0.3, -0.25) is 9.59 Å². The van der Waals surface area contributed by atoms with Crippen molar-refractivity contribution in [3.05, 3.63) is 27.7 Å². The second-order valence-corrected chi connectivity index (χ2v) is 6.17. The highest BCUT2D eigenvalue weighted by molar-refractivity contribution is 9.10. The van der Waals surface area contributed by atoms with Gasteiger partial charge in [0.15, 0.2) is 0 Å². The fraction of sp³-hybridized carbons (Fsp3) is 0.467. The molecule has 0 aromatic heterocycles. The lowest BCUT2D eigenvalue weighted by Crippen LogP contribution is -2.34. The topological polar surface area (TPSA) is 37.4 Å². The quantitative estimate of drug-likeness (QED) is 0.792. The SMILES string of the molecule is CCCC(C)CN1C(=O)C(=O)c2cc(Br)cc(C)c21. The first-order valence-corrected chi connectivity index (χ1v) is 7.41. The fourth-order valence-electron chi connectivity index (χ4n) is 2.68. The maximum Gasteiger partial charge on any atom is 0.299 e. The van der Waals surface area contributed by atoms with Gasteiger partial charge in [-0.05, 0) is 37.0 Å². The number of carbonyl (C=O) groups excluding carboxylic acids is 2. The minimum Gasteiger partial charge on any atom is -0.304 e. The Morgan fingerprint density at radius 3 is 2.63 bits per heavy atom. The molecule has 19 heavy (non-hydrogen) atoms. The predicted molar refractivity (Wildman–Crippen MR) is 79.6 cm³/mol. The number of hydrogen-bond donors (Lipinski definition) is 0. The Labute approximate surface area is 122 Å². The molecule has 0 N–H and O–H groups in total. The van der Waals surface area contributed by atoms with Crippen LogP contribution in [0.4, 0.5) is 5.69 Å². The zero-order chi connectivity index (χ0) is 14.2. The third-order valence-corrected chi connectivity index (χ3v) is 3.95. The van der Waals surface area contributed by atoms with E-state index in [0.29, 0.717) is 18.0 Å². The van der Waals surface area contributed by atoms with Crippen LogP contribution >= 0.6 is 15.9 Å². The summed E-state index contributed by atoms with van der Waals surface area (Å²) >= 11 is 3.38. The van der Waals surface area contributed by atoms with Crippen molar-refractivity contribution >= 4 is 33.3 Å². The molecule has 0 bridgehead atoms. The minimum atomic E-state index is -0.390. The second-order valence-electron chi connectivity index (χ2n) is 5.26. The first-order valence-electron chi connectivity index (χ1n) is 6.62. The second kappa shape index (κ2) is 5.45. The summed E-state index contributed by atoms with van der Waals surface area (Å²) in [4.78, 5) is 25.8. The van der Waals surface area contributed by atoms with E-state index in [2.05, 4.69) is 29.8 Å². The van der Waals surface area contributed by atoms with E-state index in [-0.39, 0.29) is 11.7 Å². The smallest absolute Gasteiger partial charge is 0.299 e. The van der Waals surface area contributed by atoms with Gasteiger partial charge in [-0.25, -0.2) is 0 Å². The summed E-state index contributed by atoms with van der Waals surface area (Å²) in [7, 11) is 0. The molecule has 1 aromatic rings. The highest BCUT2D eigenvalue weighted by atomic mass is 79.9. The number of amides is 1. The van der Waals surface area contributed by atoms with Gasteiger partial charge in [0.1, 0.15) is 0 Å². The van der Waals surface area contributed by atoms with Crippen LogP contribution in [0.15, 0.2) is 16.6 Å². The molecule has 0 radical (unpaired) electrons. The highest BCUT2D eigenvalue weighted by Crippen LogP contribution is 2.35. The van der Waals surface area contributed by atoms with Crippen LogP contribution in [0.5, 0.6) is 0 Å². The van der Waals surface area contributed by atoms with Gasteiger partial charge in [0.25, 0.3) is 11.7 Å². The van der Waals surface area contributed by atoms with Gasteiger partial charge in [0, 0.05) is 11.0 Å². The van der Waals surface area contributed by atoms with E-state index < -0.39 is 0 Å². The van der Waals surface area contributed by atoms with Crippen molar-refractivity contribution in [2.24, 2.45) is 5.92 Å². The summed E-state index contributed by atoms with van der Waals surface area (Å²) in [5, 5.41) is 0. The van der Waals surface area contributed by atoms with Gasteiger partial charge in [0.05, 0.1) is 11.3 Å². The van der Waals surface area contributed by atoms with E-state index in [1.54, 1.807) is 11.0 Å². The maximum atomic E-state index is 12.1. The standard InChI is InChI=1S/C15H18BrNO2/c1-4-5-9(2)8-17-13-10(3)6-11(16)7-12(13)14(18)15(17)19/h6-7,9H,4-5,8H2,1-3H3. The normalized spacial score (nSPS) is 15.9. The molecule has 102 valence electrons. The first kappa shape index (κ1) is 14.3. The van der Waals surface area contributed by atoms with E-state index in [4.69, 9.17) is 0 Å². The number of ketones is 1. The fourth-order valence-corrected chi connectivity index (χ4v) is 3.25. The summed E-state index contributed by atoms with van der Waals surface area (Å²) in [6.45, 7) is 6.80. The van der Waals surface area contributed by atoms with Gasteiger partial charge in [0.2, 0.25) is 0 Å². The van der Waals surface area contributed by atoms with Gasteiger partial charge < -0.3 is 4.90 Å². The van der Waals surface area contributed by atoms with Crippen molar-refractivity contribution in [1.82, 2.24) is 0 Å². The minimum absolute atomic E-state index is 0.386. The highest BCUT2D eigenvalue weighted by Gasteiger charge is 2.37. The monoisotopic (exact) mass is 323 g/mol. The third kappa shape index (κ3) is 2.59. The number of halogens is 1. The molecule has 1 aromatic carbocycles. The summed E-state index contributed by atoms with van der Waals surface area (Å²) in [5.74, 6) is -0.377.